The number of alkyl halides is 2. The molecule has 1 unspecified atom stereocenters. The quantitative estimate of drug-likeness (QED) is 0.220. The Morgan fingerprint density at radius 2 is 1.62 bits per heavy atom. The number of esters is 1. The van der Waals surface area contributed by atoms with Crippen LogP contribution in [0, 0.1) is 0 Å². The number of carbonyl (C=O) groups excluding carboxylic acids is 2. The number of nitrogens with one attached hydrogen (secondary N) is 1. The zero-order valence-electron chi connectivity index (χ0n) is 17.7. The van der Waals surface area contributed by atoms with E-state index in [1.807, 2.05) is 19.1 Å². The van der Waals surface area contributed by atoms with Gasteiger partial charge in [0.25, 0.3) is 5.76 Å². The number of halogens is 2. The van der Waals surface area contributed by atoms with Crippen LogP contribution in [0.4, 0.5) is 20.2 Å². The lowest BCUT2D eigenvalue weighted by molar-refractivity contribution is 0.0320. The standard InChI is InChI=1S/C25H23F2NO3S/c1-3-17-8-10-18(11-9-17)23(29)16(2)31-24(30)21-6-4-5-7-22(21)28-19-12-14-20(15-13-19)32-25(26)27/h4-16,25,28H,3H2,1-2H3. The van der Waals surface area contributed by atoms with Crippen molar-refractivity contribution in [3.05, 3.63) is 89.5 Å². The Labute approximate surface area is 190 Å². The van der Waals surface area contributed by atoms with Crippen LogP contribution in [0.25, 0.3) is 0 Å². The van der Waals surface area contributed by atoms with Crippen molar-refractivity contribution < 1.29 is 23.1 Å². The number of hydrogen-bond acceptors (Lipinski definition) is 5. The zero-order valence-corrected chi connectivity index (χ0v) is 18.5. The Balaban J connectivity index is 1.70. The van der Waals surface area contributed by atoms with Crippen LogP contribution in [0.1, 0.15) is 40.1 Å². The van der Waals surface area contributed by atoms with E-state index in [2.05, 4.69) is 5.32 Å². The van der Waals surface area contributed by atoms with Gasteiger partial charge in [0, 0.05) is 16.1 Å². The van der Waals surface area contributed by atoms with Gasteiger partial charge in [-0.1, -0.05) is 55.1 Å². The molecule has 1 atom stereocenters. The Bertz CT molecular complexity index is 1070. The minimum atomic E-state index is -2.49. The molecule has 0 amide bonds. The van der Waals surface area contributed by atoms with Crippen molar-refractivity contribution >= 4 is 34.9 Å². The molecule has 0 fully saturated rings. The molecule has 3 aromatic rings. The van der Waals surface area contributed by atoms with Gasteiger partial charge in [0.15, 0.2) is 6.10 Å². The van der Waals surface area contributed by atoms with Crippen LogP contribution in [0.2, 0.25) is 0 Å². The first-order chi connectivity index (χ1) is 15.4. The molecule has 0 saturated carbocycles. The number of thioether (sulfide) groups is 1. The third kappa shape index (κ3) is 6.17. The molecular weight excluding hydrogens is 432 g/mol. The van der Waals surface area contributed by atoms with E-state index in [9.17, 15) is 18.4 Å². The molecule has 166 valence electrons. The zero-order chi connectivity index (χ0) is 23.1. The Morgan fingerprint density at radius 3 is 2.25 bits per heavy atom. The fourth-order valence-corrected chi connectivity index (χ4v) is 3.56. The van der Waals surface area contributed by atoms with Crippen molar-refractivity contribution in [1.29, 1.82) is 0 Å². The summed E-state index contributed by atoms with van der Waals surface area (Å²) in [5.41, 5.74) is 2.98. The lowest BCUT2D eigenvalue weighted by atomic mass is 10.0. The highest BCUT2D eigenvalue weighted by Gasteiger charge is 2.22. The molecule has 3 rings (SSSR count). The second-order valence-electron chi connectivity index (χ2n) is 7.04. The van der Waals surface area contributed by atoms with Gasteiger partial charge in [-0.05, 0) is 55.3 Å². The minimum absolute atomic E-state index is 0.263. The maximum atomic E-state index is 12.8. The van der Waals surface area contributed by atoms with E-state index in [1.165, 1.54) is 0 Å². The first-order valence-electron chi connectivity index (χ1n) is 10.1. The molecule has 32 heavy (non-hydrogen) atoms. The molecule has 0 aliphatic heterocycles. The number of para-hydroxylation sites is 1. The van der Waals surface area contributed by atoms with Gasteiger partial charge < -0.3 is 10.1 Å². The van der Waals surface area contributed by atoms with E-state index in [-0.39, 0.29) is 11.3 Å². The molecule has 0 heterocycles. The summed E-state index contributed by atoms with van der Waals surface area (Å²) in [4.78, 5) is 25.9. The predicted molar refractivity (Wildman–Crippen MR) is 123 cm³/mol. The normalized spacial score (nSPS) is 11.8. The summed E-state index contributed by atoms with van der Waals surface area (Å²) >= 11 is 0.464. The molecule has 0 radical (unpaired) electrons. The topological polar surface area (TPSA) is 55.4 Å². The molecule has 4 nitrogen and oxygen atoms in total. The Morgan fingerprint density at radius 1 is 0.969 bits per heavy atom. The van der Waals surface area contributed by atoms with E-state index >= 15 is 0 Å². The average Bonchev–Trinajstić information content (AvgIpc) is 2.80. The second kappa shape index (κ2) is 10.9. The number of ether oxygens (including phenoxy) is 1. The van der Waals surface area contributed by atoms with Crippen LogP contribution >= 0.6 is 11.8 Å². The van der Waals surface area contributed by atoms with Crippen molar-refractivity contribution in [2.75, 3.05) is 5.32 Å². The van der Waals surface area contributed by atoms with Crippen LogP contribution in [-0.4, -0.2) is 23.6 Å². The molecule has 3 aromatic carbocycles. The fourth-order valence-electron chi connectivity index (χ4n) is 3.06. The van der Waals surface area contributed by atoms with E-state index < -0.39 is 17.8 Å². The fraction of sp³-hybridized carbons (Fsp3) is 0.200. The van der Waals surface area contributed by atoms with Crippen molar-refractivity contribution in [2.24, 2.45) is 0 Å². The summed E-state index contributed by atoms with van der Waals surface area (Å²) < 4.78 is 30.4. The van der Waals surface area contributed by atoms with Crippen LogP contribution in [-0.2, 0) is 11.2 Å². The molecule has 0 spiro atoms. The lowest BCUT2D eigenvalue weighted by Gasteiger charge is -2.15. The first kappa shape index (κ1) is 23.5. The molecule has 1 N–H and O–H groups in total. The van der Waals surface area contributed by atoms with E-state index in [0.717, 1.165) is 12.0 Å². The summed E-state index contributed by atoms with van der Waals surface area (Å²) in [6, 6.07) is 20.4. The number of hydrogen-bond donors (Lipinski definition) is 1. The molecule has 0 bridgehead atoms. The van der Waals surface area contributed by atoms with Gasteiger partial charge in [-0.3, -0.25) is 4.79 Å². The van der Waals surface area contributed by atoms with Crippen molar-refractivity contribution in [1.82, 2.24) is 0 Å². The number of benzene rings is 3. The van der Waals surface area contributed by atoms with Crippen LogP contribution in [0.15, 0.2) is 77.7 Å². The summed E-state index contributed by atoms with van der Waals surface area (Å²) in [6.45, 7) is 3.58. The third-order valence-electron chi connectivity index (χ3n) is 4.81. The van der Waals surface area contributed by atoms with Crippen molar-refractivity contribution in [3.8, 4) is 0 Å². The highest BCUT2D eigenvalue weighted by molar-refractivity contribution is 7.99. The van der Waals surface area contributed by atoms with Crippen molar-refractivity contribution in [3.63, 3.8) is 0 Å². The van der Waals surface area contributed by atoms with E-state index in [1.54, 1.807) is 67.6 Å². The number of ketones is 1. The molecule has 0 aliphatic rings. The summed E-state index contributed by atoms with van der Waals surface area (Å²) in [6.07, 6.45) is -0.0787. The summed E-state index contributed by atoms with van der Waals surface area (Å²) in [7, 11) is 0. The smallest absolute Gasteiger partial charge is 0.340 e. The van der Waals surface area contributed by atoms with Gasteiger partial charge in [0.05, 0.1) is 11.3 Å². The number of anilines is 2. The van der Waals surface area contributed by atoms with Gasteiger partial charge in [0.2, 0.25) is 5.78 Å². The maximum Gasteiger partial charge on any atom is 0.340 e. The minimum Gasteiger partial charge on any atom is -0.451 e. The highest BCUT2D eigenvalue weighted by Crippen LogP contribution is 2.28. The third-order valence-corrected chi connectivity index (χ3v) is 5.53. The van der Waals surface area contributed by atoms with Gasteiger partial charge in [-0.15, -0.1) is 0 Å². The van der Waals surface area contributed by atoms with Crippen molar-refractivity contribution in [2.45, 2.75) is 37.0 Å². The van der Waals surface area contributed by atoms with E-state index in [0.29, 0.717) is 33.6 Å². The van der Waals surface area contributed by atoms with Gasteiger partial charge in [-0.25, -0.2) is 4.79 Å². The largest absolute Gasteiger partial charge is 0.451 e. The number of carbonyl (C=O) groups is 2. The summed E-state index contributed by atoms with van der Waals surface area (Å²) in [5, 5.41) is 3.10. The Hall–Kier alpha value is -3.19. The number of Topliss-reactive ketones (excluding diaryl/α,β-unsaturated/α-hetero) is 1. The molecule has 0 aliphatic carbocycles. The predicted octanol–water partition coefficient (Wildman–Crippen LogP) is 6.74. The lowest BCUT2D eigenvalue weighted by Crippen LogP contribution is -2.24. The van der Waals surface area contributed by atoms with E-state index in [4.69, 9.17) is 4.74 Å². The Kier molecular flexibility index (Phi) is 8.00. The van der Waals surface area contributed by atoms with Gasteiger partial charge in [-0.2, -0.15) is 8.78 Å². The first-order valence-corrected chi connectivity index (χ1v) is 11.0. The molecule has 0 aromatic heterocycles. The summed E-state index contributed by atoms with van der Waals surface area (Å²) in [5.74, 6) is -3.40. The van der Waals surface area contributed by atoms with Gasteiger partial charge >= 0.3 is 5.97 Å². The monoisotopic (exact) mass is 455 g/mol. The second-order valence-corrected chi connectivity index (χ2v) is 8.10. The molecule has 7 heteroatoms. The molecule has 0 saturated heterocycles. The number of rotatable bonds is 9. The average molecular weight is 456 g/mol. The van der Waals surface area contributed by atoms with Crippen LogP contribution in [0.3, 0.4) is 0 Å². The molecular formula is C25H23F2NO3S. The van der Waals surface area contributed by atoms with Gasteiger partial charge in [0.1, 0.15) is 0 Å². The number of aryl methyl sites for hydroxylation is 1. The van der Waals surface area contributed by atoms with Crippen LogP contribution in [0.5, 0.6) is 0 Å². The SMILES string of the molecule is CCc1ccc(C(=O)C(C)OC(=O)c2ccccc2Nc2ccc(SC(F)F)cc2)cc1. The highest BCUT2D eigenvalue weighted by atomic mass is 32.2. The maximum absolute atomic E-state index is 12.8. The van der Waals surface area contributed by atoms with Crippen LogP contribution < -0.4 is 5.32 Å².